The summed E-state index contributed by atoms with van der Waals surface area (Å²) in [6.07, 6.45) is 3.91. The standard InChI is InChI=1S/C14H18N4O2S/c1-3-8-15-13-7-5-12(10-17-13)21(19,20)18-14-6-4-11(2)9-16-14/h4-7,9-10H,3,8H2,1-2H3,(H,15,17)(H,16,18). The minimum absolute atomic E-state index is 0.104. The van der Waals surface area contributed by atoms with Gasteiger partial charge in [-0.1, -0.05) is 13.0 Å². The van der Waals surface area contributed by atoms with Crippen molar-refractivity contribution in [2.75, 3.05) is 16.6 Å². The van der Waals surface area contributed by atoms with Gasteiger partial charge in [0.1, 0.15) is 16.5 Å². The minimum atomic E-state index is -3.67. The number of pyridine rings is 2. The van der Waals surface area contributed by atoms with E-state index < -0.39 is 10.0 Å². The Morgan fingerprint density at radius 1 is 1.05 bits per heavy atom. The molecule has 0 radical (unpaired) electrons. The third-order valence-electron chi connectivity index (χ3n) is 2.75. The van der Waals surface area contributed by atoms with E-state index in [1.807, 2.05) is 13.8 Å². The molecule has 2 aromatic heterocycles. The van der Waals surface area contributed by atoms with E-state index in [-0.39, 0.29) is 10.7 Å². The first kappa shape index (κ1) is 15.2. The fourth-order valence-corrected chi connectivity index (χ4v) is 2.57. The molecular weight excluding hydrogens is 288 g/mol. The van der Waals surface area contributed by atoms with Crippen molar-refractivity contribution in [2.45, 2.75) is 25.2 Å². The van der Waals surface area contributed by atoms with Crippen molar-refractivity contribution in [1.82, 2.24) is 9.97 Å². The number of nitrogens with zero attached hydrogens (tertiary/aromatic N) is 2. The zero-order valence-electron chi connectivity index (χ0n) is 12.0. The highest BCUT2D eigenvalue weighted by Gasteiger charge is 2.15. The highest BCUT2D eigenvalue weighted by Crippen LogP contribution is 2.15. The van der Waals surface area contributed by atoms with Gasteiger partial charge in [-0.05, 0) is 37.1 Å². The van der Waals surface area contributed by atoms with Crippen LogP contribution < -0.4 is 10.0 Å². The molecule has 21 heavy (non-hydrogen) atoms. The maximum absolute atomic E-state index is 12.2. The molecule has 0 saturated carbocycles. The Kier molecular flexibility index (Phi) is 4.74. The first-order valence-corrected chi connectivity index (χ1v) is 8.15. The van der Waals surface area contributed by atoms with Gasteiger partial charge >= 0.3 is 0 Å². The van der Waals surface area contributed by atoms with Crippen LogP contribution in [0.25, 0.3) is 0 Å². The largest absolute Gasteiger partial charge is 0.370 e. The van der Waals surface area contributed by atoms with Gasteiger partial charge in [-0.3, -0.25) is 4.72 Å². The second kappa shape index (κ2) is 6.53. The Bertz CT molecular complexity index is 682. The van der Waals surface area contributed by atoms with E-state index >= 15 is 0 Å². The number of nitrogens with one attached hydrogen (secondary N) is 2. The highest BCUT2D eigenvalue weighted by molar-refractivity contribution is 7.92. The van der Waals surface area contributed by atoms with E-state index in [1.54, 1.807) is 24.4 Å². The molecule has 2 N–H and O–H groups in total. The van der Waals surface area contributed by atoms with E-state index in [4.69, 9.17) is 0 Å². The number of aromatic nitrogens is 2. The average Bonchev–Trinajstić information content (AvgIpc) is 2.48. The van der Waals surface area contributed by atoms with E-state index in [0.29, 0.717) is 5.82 Å². The lowest BCUT2D eigenvalue weighted by Gasteiger charge is -2.08. The molecule has 0 bridgehead atoms. The Balaban J connectivity index is 2.13. The van der Waals surface area contributed by atoms with Gasteiger partial charge < -0.3 is 5.32 Å². The highest BCUT2D eigenvalue weighted by atomic mass is 32.2. The van der Waals surface area contributed by atoms with Crippen LogP contribution in [-0.4, -0.2) is 24.9 Å². The van der Waals surface area contributed by atoms with Crippen LogP contribution in [0.2, 0.25) is 0 Å². The summed E-state index contributed by atoms with van der Waals surface area (Å²) in [6, 6.07) is 6.58. The molecule has 0 fully saturated rings. The molecule has 0 aliphatic rings. The lowest BCUT2D eigenvalue weighted by molar-refractivity contribution is 0.600. The lowest BCUT2D eigenvalue weighted by Crippen LogP contribution is -2.14. The van der Waals surface area contributed by atoms with Crippen LogP contribution >= 0.6 is 0 Å². The maximum atomic E-state index is 12.2. The van der Waals surface area contributed by atoms with Crippen molar-refractivity contribution >= 4 is 21.7 Å². The summed E-state index contributed by atoms with van der Waals surface area (Å²) in [5.74, 6) is 0.943. The molecule has 2 rings (SSSR count). The van der Waals surface area contributed by atoms with Crippen molar-refractivity contribution in [2.24, 2.45) is 0 Å². The average molecular weight is 306 g/mol. The van der Waals surface area contributed by atoms with Crippen LogP contribution in [0.1, 0.15) is 18.9 Å². The molecule has 0 atom stereocenters. The van der Waals surface area contributed by atoms with Gasteiger partial charge in [0.15, 0.2) is 0 Å². The summed E-state index contributed by atoms with van der Waals surface area (Å²) in [7, 11) is -3.67. The van der Waals surface area contributed by atoms with Gasteiger partial charge in [-0.15, -0.1) is 0 Å². The number of sulfonamides is 1. The van der Waals surface area contributed by atoms with Crippen LogP contribution in [-0.2, 0) is 10.0 Å². The van der Waals surface area contributed by atoms with Gasteiger partial charge in [0, 0.05) is 18.9 Å². The minimum Gasteiger partial charge on any atom is -0.370 e. The van der Waals surface area contributed by atoms with Crippen molar-refractivity contribution in [1.29, 1.82) is 0 Å². The van der Waals surface area contributed by atoms with E-state index in [9.17, 15) is 8.42 Å². The molecule has 0 unspecified atom stereocenters. The smallest absolute Gasteiger partial charge is 0.264 e. The summed E-state index contributed by atoms with van der Waals surface area (Å²) in [6.45, 7) is 4.73. The molecule has 2 aromatic rings. The molecule has 0 aliphatic heterocycles. The predicted molar refractivity (Wildman–Crippen MR) is 82.8 cm³/mol. The number of hydrogen-bond acceptors (Lipinski definition) is 5. The molecule has 0 aromatic carbocycles. The Labute approximate surface area is 124 Å². The Morgan fingerprint density at radius 3 is 2.33 bits per heavy atom. The van der Waals surface area contributed by atoms with E-state index in [1.165, 1.54) is 12.3 Å². The van der Waals surface area contributed by atoms with Crippen LogP contribution in [0.5, 0.6) is 0 Å². The van der Waals surface area contributed by atoms with Gasteiger partial charge in [0.05, 0.1) is 0 Å². The molecule has 0 spiro atoms. The fourth-order valence-electron chi connectivity index (χ4n) is 1.62. The molecule has 112 valence electrons. The Morgan fingerprint density at radius 2 is 1.76 bits per heavy atom. The molecule has 0 saturated heterocycles. The first-order chi connectivity index (χ1) is 10.0. The monoisotopic (exact) mass is 306 g/mol. The topological polar surface area (TPSA) is 84.0 Å². The summed E-state index contributed by atoms with van der Waals surface area (Å²) in [4.78, 5) is 8.22. The molecular formula is C14H18N4O2S. The molecule has 6 nitrogen and oxygen atoms in total. The predicted octanol–water partition coefficient (Wildman–Crippen LogP) is 2.41. The van der Waals surface area contributed by atoms with Crippen molar-refractivity contribution in [3.63, 3.8) is 0 Å². The van der Waals surface area contributed by atoms with Crippen LogP contribution in [0.4, 0.5) is 11.6 Å². The van der Waals surface area contributed by atoms with Crippen molar-refractivity contribution in [3.05, 3.63) is 42.2 Å². The number of aryl methyl sites for hydroxylation is 1. The number of rotatable bonds is 6. The lowest BCUT2D eigenvalue weighted by atomic mass is 10.3. The molecule has 0 aliphatic carbocycles. The first-order valence-electron chi connectivity index (χ1n) is 6.66. The van der Waals surface area contributed by atoms with Crippen molar-refractivity contribution < 1.29 is 8.42 Å². The van der Waals surface area contributed by atoms with Crippen LogP contribution in [0.15, 0.2) is 41.6 Å². The van der Waals surface area contributed by atoms with Gasteiger partial charge in [0.25, 0.3) is 10.0 Å². The molecule has 0 amide bonds. The SMILES string of the molecule is CCCNc1ccc(S(=O)(=O)Nc2ccc(C)cn2)cn1. The molecule has 2 heterocycles. The second-order valence-electron chi connectivity index (χ2n) is 4.63. The summed E-state index contributed by atoms with van der Waals surface area (Å²) in [5.41, 5.74) is 0.964. The summed E-state index contributed by atoms with van der Waals surface area (Å²) in [5, 5.41) is 3.09. The Hall–Kier alpha value is -2.15. The third-order valence-corrected chi connectivity index (χ3v) is 4.09. The summed E-state index contributed by atoms with van der Waals surface area (Å²) >= 11 is 0. The zero-order chi connectivity index (χ0) is 15.3. The van der Waals surface area contributed by atoms with Crippen LogP contribution in [0, 0.1) is 6.92 Å². The second-order valence-corrected chi connectivity index (χ2v) is 6.31. The maximum Gasteiger partial charge on any atom is 0.264 e. The van der Waals surface area contributed by atoms with E-state index in [0.717, 1.165) is 18.5 Å². The van der Waals surface area contributed by atoms with Gasteiger partial charge in [-0.25, -0.2) is 18.4 Å². The van der Waals surface area contributed by atoms with Crippen molar-refractivity contribution in [3.8, 4) is 0 Å². The summed E-state index contributed by atoms with van der Waals surface area (Å²) < 4.78 is 26.8. The third kappa shape index (κ3) is 4.16. The quantitative estimate of drug-likeness (QED) is 0.856. The fraction of sp³-hybridized carbons (Fsp3) is 0.286. The van der Waals surface area contributed by atoms with Gasteiger partial charge in [0.2, 0.25) is 0 Å². The number of hydrogen-bond donors (Lipinski definition) is 2. The molecule has 7 heteroatoms. The van der Waals surface area contributed by atoms with E-state index in [2.05, 4.69) is 20.0 Å². The van der Waals surface area contributed by atoms with Crippen LogP contribution in [0.3, 0.4) is 0 Å². The zero-order valence-corrected chi connectivity index (χ0v) is 12.8. The number of anilines is 2. The normalized spacial score (nSPS) is 11.1. The van der Waals surface area contributed by atoms with Gasteiger partial charge in [-0.2, -0.15) is 0 Å².